The average molecular weight is 356 g/mol. The third-order valence-electron chi connectivity index (χ3n) is 4.30. The van der Waals surface area contributed by atoms with Gasteiger partial charge in [0.25, 0.3) is 11.8 Å². The molecule has 0 saturated carbocycles. The van der Waals surface area contributed by atoms with E-state index in [4.69, 9.17) is 9.47 Å². The van der Waals surface area contributed by atoms with E-state index < -0.39 is 0 Å². The predicted octanol–water partition coefficient (Wildman–Crippen LogP) is 2.28. The number of amides is 2. The number of benzene rings is 1. The first-order valence-electron chi connectivity index (χ1n) is 8.84. The second-order valence-corrected chi connectivity index (χ2v) is 6.17. The number of carbonyl (C=O) groups is 1. The largest absolute Gasteiger partial charge is 0.477 e. The van der Waals surface area contributed by atoms with Crippen LogP contribution in [0.5, 0.6) is 11.8 Å². The van der Waals surface area contributed by atoms with Gasteiger partial charge in [0, 0.05) is 31.9 Å². The maximum absolute atomic E-state index is 12.3. The number of rotatable bonds is 7. The summed E-state index contributed by atoms with van der Waals surface area (Å²) in [5, 5.41) is 2.98. The van der Waals surface area contributed by atoms with E-state index >= 15 is 0 Å². The van der Waals surface area contributed by atoms with E-state index in [0.29, 0.717) is 31.4 Å². The Hall–Kier alpha value is -2.83. The van der Waals surface area contributed by atoms with Gasteiger partial charge in [0.15, 0.2) is 0 Å². The fraction of sp³-hybridized carbons (Fsp3) is 0.421. The van der Waals surface area contributed by atoms with Crippen molar-refractivity contribution in [2.75, 3.05) is 26.7 Å². The van der Waals surface area contributed by atoms with Gasteiger partial charge in [-0.15, -0.1) is 0 Å². The summed E-state index contributed by atoms with van der Waals surface area (Å²) >= 11 is 0. The average Bonchev–Trinajstić information content (AvgIpc) is 3.15. The minimum Gasteiger partial charge on any atom is -0.477 e. The van der Waals surface area contributed by atoms with Crippen molar-refractivity contribution in [1.29, 1.82) is 0 Å². The number of methoxy groups -OCH3 is 1. The topological polar surface area (TPSA) is 76.6 Å². The number of aromatic nitrogens is 2. The summed E-state index contributed by atoms with van der Waals surface area (Å²) in [6.07, 6.45) is 5.65. The van der Waals surface area contributed by atoms with Crippen molar-refractivity contribution in [3.8, 4) is 11.8 Å². The standard InChI is InChI=1S/C19H24N4O3/c1-25-17-18(21-12-11-20-17)26-16-9-13-23(14-16)19(24)22-10-5-8-15-6-3-2-4-7-15/h2-4,6-7,11-12,16H,5,8-10,13-14H2,1H3,(H,22,24). The molecule has 1 saturated heterocycles. The molecule has 2 heterocycles. The Labute approximate surface area is 153 Å². The molecule has 1 fully saturated rings. The van der Waals surface area contributed by atoms with E-state index in [0.717, 1.165) is 19.3 Å². The first-order valence-corrected chi connectivity index (χ1v) is 8.84. The second kappa shape index (κ2) is 9.03. The summed E-state index contributed by atoms with van der Waals surface area (Å²) in [5.41, 5.74) is 1.29. The van der Waals surface area contributed by atoms with Crippen LogP contribution in [0.4, 0.5) is 4.79 Å². The van der Waals surface area contributed by atoms with Gasteiger partial charge in [-0.25, -0.2) is 14.8 Å². The molecule has 7 nitrogen and oxygen atoms in total. The zero-order valence-electron chi connectivity index (χ0n) is 14.9. The lowest BCUT2D eigenvalue weighted by atomic mass is 10.1. The molecule has 1 aliphatic rings. The van der Waals surface area contributed by atoms with Gasteiger partial charge in [0.05, 0.1) is 13.7 Å². The molecule has 1 aliphatic heterocycles. The molecule has 0 radical (unpaired) electrons. The van der Waals surface area contributed by atoms with Gasteiger partial charge in [-0.3, -0.25) is 0 Å². The summed E-state index contributed by atoms with van der Waals surface area (Å²) < 4.78 is 11.0. The van der Waals surface area contributed by atoms with Crippen molar-refractivity contribution in [2.24, 2.45) is 0 Å². The molecule has 26 heavy (non-hydrogen) atoms. The van der Waals surface area contributed by atoms with E-state index in [2.05, 4.69) is 27.4 Å². The Balaban J connectivity index is 1.40. The Kier molecular flexibility index (Phi) is 6.24. The van der Waals surface area contributed by atoms with Crippen LogP contribution in [0.25, 0.3) is 0 Å². The third kappa shape index (κ3) is 4.84. The fourth-order valence-electron chi connectivity index (χ4n) is 2.94. The summed E-state index contributed by atoms with van der Waals surface area (Å²) in [4.78, 5) is 22.3. The van der Waals surface area contributed by atoms with Crippen LogP contribution >= 0.6 is 0 Å². The highest BCUT2D eigenvalue weighted by molar-refractivity contribution is 5.74. The van der Waals surface area contributed by atoms with E-state index in [1.807, 2.05) is 18.2 Å². The van der Waals surface area contributed by atoms with Gasteiger partial charge in [0.1, 0.15) is 6.10 Å². The number of likely N-dealkylation sites (tertiary alicyclic amines) is 1. The summed E-state index contributed by atoms with van der Waals surface area (Å²) in [5.74, 6) is 0.724. The first-order chi connectivity index (χ1) is 12.8. The van der Waals surface area contributed by atoms with E-state index in [1.54, 1.807) is 17.3 Å². The number of ether oxygens (including phenoxy) is 2. The van der Waals surface area contributed by atoms with Gasteiger partial charge >= 0.3 is 6.03 Å². The molecule has 2 aromatic rings. The Morgan fingerprint density at radius 2 is 2.00 bits per heavy atom. The molecule has 0 bridgehead atoms. The van der Waals surface area contributed by atoms with E-state index in [-0.39, 0.29) is 12.1 Å². The lowest BCUT2D eigenvalue weighted by Gasteiger charge is -2.18. The normalized spacial score (nSPS) is 16.3. The SMILES string of the molecule is COc1nccnc1OC1CCN(C(=O)NCCCc2ccccc2)C1. The summed E-state index contributed by atoms with van der Waals surface area (Å²) in [7, 11) is 1.53. The lowest BCUT2D eigenvalue weighted by Crippen LogP contribution is -2.39. The molecule has 0 aliphatic carbocycles. The van der Waals surface area contributed by atoms with Gasteiger partial charge in [0.2, 0.25) is 0 Å². The van der Waals surface area contributed by atoms with Crippen LogP contribution in [0.2, 0.25) is 0 Å². The van der Waals surface area contributed by atoms with E-state index in [1.165, 1.54) is 12.7 Å². The van der Waals surface area contributed by atoms with Crippen LogP contribution in [-0.4, -0.2) is 53.7 Å². The monoisotopic (exact) mass is 356 g/mol. The molecule has 2 amide bonds. The maximum atomic E-state index is 12.3. The minimum atomic E-state index is -0.101. The van der Waals surface area contributed by atoms with E-state index in [9.17, 15) is 4.79 Å². The minimum absolute atomic E-state index is 0.0460. The molecule has 1 unspecified atom stereocenters. The van der Waals surface area contributed by atoms with Gasteiger partial charge < -0.3 is 19.7 Å². The summed E-state index contributed by atoms with van der Waals surface area (Å²) in [6.45, 7) is 1.86. The smallest absolute Gasteiger partial charge is 0.317 e. The Bertz CT molecular complexity index is 711. The number of carbonyl (C=O) groups excluding carboxylic acids is 1. The molecule has 1 aromatic carbocycles. The lowest BCUT2D eigenvalue weighted by molar-refractivity contribution is 0.177. The number of hydrogen-bond donors (Lipinski definition) is 1. The maximum Gasteiger partial charge on any atom is 0.317 e. The molecule has 0 spiro atoms. The van der Waals surface area contributed by atoms with Crippen molar-refractivity contribution in [2.45, 2.75) is 25.4 Å². The predicted molar refractivity (Wildman–Crippen MR) is 97.4 cm³/mol. The fourth-order valence-corrected chi connectivity index (χ4v) is 2.94. The molecular formula is C19H24N4O3. The Morgan fingerprint density at radius 1 is 1.23 bits per heavy atom. The van der Waals surface area contributed by atoms with Crippen LogP contribution < -0.4 is 14.8 Å². The first kappa shape index (κ1) is 18.0. The second-order valence-electron chi connectivity index (χ2n) is 6.17. The number of urea groups is 1. The molecule has 1 N–H and O–H groups in total. The number of nitrogens with one attached hydrogen (secondary N) is 1. The highest BCUT2D eigenvalue weighted by Crippen LogP contribution is 2.23. The molecule has 1 aromatic heterocycles. The molecule has 7 heteroatoms. The van der Waals surface area contributed by atoms with Crippen LogP contribution in [0, 0.1) is 0 Å². The van der Waals surface area contributed by atoms with Gasteiger partial charge in [-0.1, -0.05) is 30.3 Å². The quantitative estimate of drug-likeness (QED) is 0.770. The number of aryl methyl sites for hydroxylation is 1. The zero-order valence-corrected chi connectivity index (χ0v) is 14.9. The van der Waals surface area contributed by atoms with Gasteiger partial charge in [-0.2, -0.15) is 0 Å². The Morgan fingerprint density at radius 3 is 2.77 bits per heavy atom. The third-order valence-corrected chi connectivity index (χ3v) is 4.30. The van der Waals surface area contributed by atoms with Gasteiger partial charge in [-0.05, 0) is 18.4 Å². The zero-order chi connectivity index (χ0) is 18.2. The number of hydrogen-bond acceptors (Lipinski definition) is 5. The van der Waals surface area contributed by atoms with Crippen molar-refractivity contribution in [1.82, 2.24) is 20.2 Å². The van der Waals surface area contributed by atoms with Crippen LogP contribution in [0.1, 0.15) is 18.4 Å². The highest BCUT2D eigenvalue weighted by Gasteiger charge is 2.28. The molecule has 138 valence electrons. The van der Waals surface area contributed by atoms with Crippen molar-refractivity contribution >= 4 is 6.03 Å². The summed E-state index contributed by atoms with van der Waals surface area (Å²) in [6, 6.07) is 10.2. The highest BCUT2D eigenvalue weighted by atomic mass is 16.5. The van der Waals surface area contributed by atoms with Crippen molar-refractivity contribution < 1.29 is 14.3 Å². The molecule has 1 atom stereocenters. The van der Waals surface area contributed by atoms with Crippen LogP contribution in [0.15, 0.2) is 42.7 Å². The molecule has 3 rings (SSSR count). The van der Waals surface area contributed by atoms with Crippen LogP contribution in [-0.2, 0) is 6.42 Å². The van der Waals surface area contributed by atoms with Crippen molar-refractivity contribution in [3.63, 3.8) is 0 Å². The number of nitrogens with zero attached hydrogens (tertiary/aromatic N) is 3. The van der Waals surface area contributed by atoms with Crippen LogP contribution in [0.3, 0.4) is 0 Å². The molecular weight excluding hydrogens is 332 g/mol. The van der Waals surface area contributed by atoms with Crippen molar-refractivity contribution in [3.05, 3.63) is 48.3 Å².